The molecule has 0 radical (unpaired) electrons. The first-order valence-corrected chi connectivity index (χ1v) is 12.2. The molecule has 1 heterocycles. The molecule has 186 valence electrons. The second-order valence-electron chi connectivity index (χ2n) is 8.58. The summed E-state index contributed by atoms with van der Waals surface area (Å²) >= 11 is 0. The summed E-state index contributed by atoms with van der Waals surface area (Å²) in [4.78, 5) is 27.5. The third-order valence-electron chi connectivity index (χ3n) is 6.11. The fourth-order valence-corrected chi connectivity index (χ4v) is 4.12. The van der Waals surface area contributed by atoms with Crippen LogP contribution in [0.2, 0.25) is 0 Å². The lowest BCUT2D eigenvalue weighted by molar-refractivity contribution is -0.140. The first kappa shape index (κ1) is 25.5. The van der Waals surface area contributed by atoms with Crippen LogP contribution in [0.3, 0.4) is 0 Å². The van der Waals surface area contributed by atoms with Crippen LogP contribution >= 0.6 is 0 Å². The fraction of sp³-hybridized carbons (Fsp3) is 0.194. The maximum atomic E-state index is 13.4. The monoisotopic (exact) mass is 492 g/mol. The van der Waals surface area contributed by atoms with Crippen molar-refractivity contribution in [2.45, 2.75) is 26.9 Å². The van der Waals surface area contributed by atoms with Crippen LogP contribution in [0.1, 0.15) is 30.5 Å². The van der Waals surface area contributed by atoms with E-state index in [1.807, 2.05) is 79.7 Å². The lowest BCUT2D eigenvalue weighted by atomic mass is 9.93. The molecule has 3 aromatic carbocycles. The van der Waals surface area contributed by atoms with Crippen molar-refractivity contribution >= 4 is 17.9 Å². The summed E-state index contributed by atoms with van der Waals surface area (Å²) in [5.41, 5.74) is 3.40. The Balaban J connectivity index is 1.62. The smallest absolute Gasteiger partial charge is 0.271 e. The van der Waals surface area contributed by atoms with Crippen LogP contribution in [-0.2, 0) is 22.6 Å². The van der Waals surface area contributed by atoms with E-state index in [0.29, 0.717) is 47.8 Å². The number of hydrogen-bond acceptors (Lipinski definition) is 5. The van der Waals surface area contributed by atoms with E-state index in [0.717, 1.165) is 16.0 Å². The highest BCUT2D eigenvalue weighted by molar-refractivity contribution is 6.19. The predicted molar refractivity (Wildman–Crippen MR) is 142 cm³/mol. The van der Waals surface area contributed by atoms with E-state index in [1.165, 1.54) is 0 Å². The number of benzene rings is 3. The van der Waals surface area contributed by atoms with Crippen molar-refractivity contribution in [3.05, 3.63) is 112 Å². The molecule has 37 heavy (non-hydrogen) atoms. The van der Waals surface area contributed by atoms with E-state index in [4.69, 9.17) is 9.47 Å². The first-order chi connectivity index (χ1) is 18.0. The SMILES string of the molecule is CCOc1cc(/C=C2/C(=O)N(CCc3ccccc3)C(=O)C(C#N)=C2C)ccc1OCc1ccccc1. The molecule has 0 N–H and O–H groups in total. The molecule has 0 fully saturated rings. The van der Waals surface area contributed by atoms with Crippen molar-refractivity contribution in [2.75, 3.05) is 13.2 Å². The summed E-state index contributed by atoms with van der Waals surface area (Å²) in [6.07, 6.45) is 2.20. The third kappa shape index (κ3) is 5.96. The molecule has 1 aliphatic heterocycles. The lowest BCUT2D eigenvalue weighted by Gasteiger charge is -2.27. The van der Waals surface area contributed by atoms with Gasteiger partial charge in [-0.15, -0.1) is 0 Å². The Labute approximate surface area is 217 Å². The Morgan fingerprint density at radius 2 is 1.54 bits per heavy atom. The number of carbonyl (C=O) groups is 2. The van der Waals surface area contributed by atoms with Crippen molar-refractivity contribution in [2.24, 2.45) is 0 Å². The molecule has 2 amide bonds. The third-order valence-corrected chi connectivity index (χ3v) is 6.11. The summed E-state index contributed by atoms with van der Waals surface area (Å²) in [7, 11) is 0. The van der Waals surface area contributed by atoms with Crippen LogP contribution in [0, 0.1) is 11.3 Å². The van der Waals surface area contributed by atoms with E-state index >= 15 is 0 Å². The van der Waals surface area contributed by atoms with Crippen molar-refractivity contribution in [3.8, 4) is 17.6 Å². The van der Waals surface area contributed by atoms with Crippen molar-refractivity contribution < 1.29 is 19.1 Å². The minimum absolute atomic E-state index is 0.0215. The number of rotatable bonds is 9. The largest absolute Gasteiger partial charge is 0.490 e. The van der Waals surface area contributed by atoms with Gasteiger partial charge in [-0.05, 0) is 60.7 Å². The van der Waals surface area contributed by atoms with Gasteiger partial charge in [-0.1, -0.05) is 66.7 Å². The molecule has 1 aliphatic rings. The van der Waals surface area contributed by atoms with Gasteiger partial charge < -0.3 is 9.47 Å². The van der Waals surface area contributed by atoms with Crippen LogP contribution in [0.5, 0.6) is 11.5 Å². The Morgan fingerprint density at radius 1 is 0.865 bits per heavy atom. The fourth-order valence-electron chi connectivity index (χ4n) is 4.12. The molecule has 6 nitrogen and oxygen atoms in total. The summed E-state index contributed by atoms with van der Waals surface area (Å²) < 4.78 is 11.8. The minimum atomic E-state index is -0.558. The number of nitrogens with zero attached hydrogens (tertiary/aromatic N) is 2. The van der Waals surface area contributed by atoms with E-state index in [9.17, 15) is 14.9 Å². The number of imide groups is 1. The molecule has 0 unspecified atom stereocenters. The number of nitriles is 1. The molecule has 4 rings (SSSR count). The van der Waals surface area contributed by atoms with Gasteiger partial charge in [0.15, 0.2) is 11.5 Å². The van der Waals surface area contributed by atoms with Gasteiger partial charge in [0.1, 0.15) is 18.2 Å². The quantitative estimate of drug-likeness (QED) is 0.291. The molecular weight excluding hydrogens is 464 g/mol. The molecule has 0 bridgehead atoms. The van der Waals surface area contributed by atoms with Crippen LogP contribution in [0.25, 0.3) is 6.08 Å². The highest BCUT2D eigenvalue weighted by Gasteiger charge is 2.35. The summed E-state index contributed by atoms with van der Waals surface area (Å²) in [6, 6.07) is 26.9. The zero-order valence-corrected chi connectivity index (χ0v) is 20.9. The zero-order valence-electron chi connectivity index (χ0n) is 20.9. The van der Waals surface area contributed by atoms with Gasteiger partial charge in [0.2, 0.25) is 0 Å². The summed E-state index contributed by atoms with van der Waals surface area (Å²) in [5.74, 6) is 0.167. The average molecular weight is 493 g/mol. The van der Waals surface area contributed by atoms with Crippen LogP contribution in [-0.4, -0.2) is 29.9 Å². The van der Waals surface area contributed by atoms with Gasteiger partial charge >= 0.3 is 0 Å². The topological polar surface area (TPSA) is 79.6 Å². The van der Waals surface area contributed by atoms with Crippen LogP contribution in [0.4, 0.5) is 0 Å². The van der Waals surface area contributed by atoms with Crippen molar-refractivity contribution in [1.29, 1.82) is 5.26 Å². The van der Waals surface area contributed by atoms with Gasteiger partial charge in [0.25, 0.3) is 11.8 Å². The Bertz CT molecular complexity index is 1390. The van der Waals surface area contributed by atoms with Gasteiger partial charge in [0, 0.05) is 12.1 Å². The van der Waals surface area contributed by atoms with Crippen LogP contribution in [0.15, 0.2) is 95.6 Å². The highest BCUT2D eigenvalue weighted by atomic mass is 16.5. The molecule has 0 saturated carbocycles. The molecule has 3 aromatic rings. The van der Waals surface area contributed by atoms with Crippen molar-refractivity contribution in [1.82, 2.24) is 4.90 Å². The Hall–Kier alpha value is -4.63. The summed E-state index contributed by atoms with van der Waals surface area (Å²) in [6.45, 7) is 4.55. The molecule has 0 aromatic heterocycles. The molecule has 0 atom stereocenters. The van der Waals surface area contributed by atoms with Gasteiger partial charge in [-0.3, -0.25) is 14.5 Å². The minimum Gasteiger partial charge on any atom is -0.490 e. The van der Waals surface area contributed by atoms with Gasteiger partial charge in [-0.25, -0.2) is 0 Å². The maximum Gasteiger partial charge on any atom is 0.271 e. The summed E-state index contributed by atoms with van der Waals surface area (Å²) in [5, 5.41) is 9.68. The van der Waals surface area contributed by atoms with E-state index < -0.39 is 11.8 Å². The number of hydrogen-bond donors (Lipinski definition) is 0. The van der Waals surface area contributed by atoms with Crippen LogP contribution < -0.4 is 9.47 Å². The first-order valence-electron chi connectivity index (χ1n) is 12.2. The molecule has 0 aliphatic carbocycles. The Kier molecular flexibility index (Phi) is 8.17. The maximum absolute atomic E-state index is 13.4. The lowest BCUT2D eigenvalue weighted by Crippen LogP contribution is -2.43. The highest BCUT2D eigenvalue weighted by Crippen LogP contribution is 2.32. The average Bonchev–Trinajstić information content (AvgIpc) is 2.92. The van der Waals surface area contributed by atoms with E-state index in [-0.39, 0.29) is 12.1 Å². The number of carbonyl (C=O) groups excluding carboxylic acids is 2. The Morgan fingerprint density at radius 3 is 2.19 bits per heavy atom. The van der Waals surface area contributed by atoms with E-state index in [1.54, 1.807) is 25.1 Å². The molecule has 0 saturated heterocycles. The second-order valence-corrected chi connectivity index (χ2v) is 8.58. The molecule has 0 spiro atoms. The number of amides is 2. The van der Waals surface area contributed by atoms with Gasteiger partial charge in [0.05, 0.1) is 6.61 Å². The predicted octanol–water partition coefficient (Wildman–Crippen LogP) is 5.50. The van der Waals surface area contributed by atoms with Crippen molar-refractivity contribution in [3.63, 3.8) is 0 Å². The normalized spacial score (nSPS) is 14.6. The second kappa shape index (κ2) is 11.9. The van der Waals surface area contributed by atoms with E-state index in [2.05, 4.69) is 0 Å². The zero-order chi connectivity index (χ0) is 26.2. The van der Waals surface area contributed by atoms with Gasteiger partial charge in [-0.2, -0.15) is 5.26 Å². The number of ether oxygens (including phenoxy) is 2. The molecule has 6 heteroatoms. The molecular formula is C31H28N2O4. The standard InChI is InChI=1S/C31H28N2O4/c1-3-36-29-19-25(14-15-28(29)37-21-24-12-8-5-9-13-24)18-26-22(2)27(20-32)31(35)33(30(26)34)17-16-23-10-6-4-7-11-23/h4-15,18-19H,3,16-17,21H2,1-2H3/b26-18+.